The number of methoxy groups -OCH3 is 1. The lowest BCUT2D eigenvalue weighted by molar-refractivity contribution is 0.0697. The highest BCUT2D eigenvalue weighted by Crippen LogP contribution is 2.44. The molecule has 10 nitrogen and oxygen atoms in total. The summed E-state index contributed by atoms with van der Waals surface area (Å²) in [6.07, 6.45) is 2.75. The largest absolute Gasteiger partial charge is 0.495 e. The number of aromatic nitrogens is 1. The molecule has 3 N–H and O–H groups in total. The Morgan fingerprint density at radius 2 is 1.95 bits per heavy atom. The summed E-state index contributed by atoms with van der Waals surface area (Å²) in [4.78, 5) is 17.8. The molecular formula is C27H24N4O6S2. The van der Waals surface area contributed by atoms with E-state index in [0.717, 1.165) is 11.9 Å². The van der Waals surface area contributed by atoms with Crippen LogP contribution in [0.1, 0.15) is 33.9 Å². The fraction of sp³-hybridized carbons (Fsp3) is 0.148. The van der Waals surface area contributed by atoms with Gasteiger partial charge in [-0.15, -0.1) is 0 Å². The smallest absolute Gasteiger partial charge is 0.335 e. The molecule has 1 aliphatic heterocycles. The van der Waals surface area contributed by atoms with Crippen LogP contribution in [0.25, 0.3) is 11.3 Å². The van der Waals surface area contributed by atoms with Crippen LogP contribution >= 0.6 is 12.2 Å². The molecule has 0 aliphatic carbocycles. The second-order valence-corrected chi connectivity index (χ2v) is 11.0. The number of furan rings is 1. The molecule has 2 aromatic carbocycles. The lowest BCUT2D eigenvalue weighted by Gasteiger charge is -2.27. The average Bonchev–Trinajstić information content (AvgIpc) is 3.53. The maximum absolute atomic E-state index is 12.0. The van der Waals surface area contributed by atoms with Crippen molar-refractivity contribution in [1.82, 2.24) is 10.3 Å². The van der Waals surface area contributed by atoms with E-state index in [1.165, 1.54) is 13.2 Å². The first-order valence-corrected chi connectivity index (χ1v) is 14.0. The number of carboxylic acids is 1. The molecule has 3 heterocycles. The SMILES string of the molecule is COc1ccc(N2C(=S)N[C@H](c3ccccn3)[C@@H]2c2ccc(-c3cccc(C(=O)O)c3)o2)cc1NS(C)(=O)=O. The second-order valence-electron chi connectivity index (χ2n) is 8.84. The van der Waals surface area contributed by atoms with Crippen molar-refractivity contribution in [3.8, 4) is 17.1 Å². The van der Waals surface area contributed by atoms with Crippen LogP contribution in [0.15, 0.2) is 83.4 Å². The summed E-state index contributed by atoms with van der Waals surface area (Å²) >= 11 is 5.75. The highest BCUT2D eigenvalue weighted by Gasteiger charge is 2.43. The third-order valence-electron chi connectivity index (χ3n) is 6.17. The standard InChI is InChI=1S/C27H24N4O6S2/c1-36-22-10-9-18(15-20(22)30-39(2,34)35)31-25(24(29-27(31)38)19-8-3-4-13-28-19)23-12-11-21(37-23)16-6-5-7-17(14-16)26(32)33/h3-15,24-25,30H,1-2H3,(H,29,38)(H,32,33)/t24-,25+/m1/s1. The maximum Gasteiger partial charge on any atom is 0.335 e. The van der Waals surface area contributed by atoms with E-state index >= 15 is 0 Å². The zero-order valence-corrected chi connectivity index (χ0v) is 22.5. The third-order valence-corrected chi connectivity index (χ3v) is 7.07. The number of rotatable bonds is 8. The molecule has 1 saturated heterocycles. The lowest BCUT2D eigenvalue weighted by Crippen LogP contribution is -2.29. The van der Waals surface area contributed by atoms with E-state index in [9.17, 15) is 18.3 Å². The summed E-state index contributed by atoms with van der Waals surface area (Å²) in [5.74, 6) is 0.342. The molecule has 39 heavy (non-hydrogen) atoms. The summed E-state index contributed by atoms with van der Waals surface area (Å²) < 4.78 is 38.2. The van der Waals surface area contributed by atoms with Gasteiger partial charge in [-0.2, -0.15) is 0 Å². The van der Waals surface area contributed by atoms with E-state index < -0.39 is 28.1 Å². The minimum atomic E-state index is -3.59. The molecule has 0 amide bonds. The predicted molar refractivity (Wildman–Crippen MR) is 150 cm³/mol. The normalized spacial score (nSPS) is 17.1. The molecule has 0 spiro atoms. The van der Waals surface area contributed by atoms with E-state index in [-0.39, 0.29) is 11.3 Å². The van der Waals surface area contributed by atoms with Crippen LogP contribution in [-0.4, -0.2) is 43.0 Å². The molecule has 2 aromatic heterocycles. The number of benzene rings is 2. The number of carboxylic acid groups (broad SMARTS) is 1. The number of nitrogens with zero attached hydrogens (tertiary/aromatic N) is 2. The topological polar surface area (TPSA) is 134 Å². The summed E-state index contributed by atoms with van der Waals surface area (Å²) in [6, 6.07) is 19.8. The Kier molecular flexibility index (Phi) is 6.98. The molecule has 0 bridgehead atoms. The lowest BCUT2D eigenvalue weighted by atomic mass is 10.0. The van der Waals surface area contributed by atoms with Gasteiger partial charge in [0.15, 0.2) is 5.11 Å². The maximum atomic E-state index is 12.0. The number of carbonyl (C=O) groups is 1. The van der Waals surface area contributed by atoms with Gasteiger partial charge in [0.05, 0.1) is 36.4 Å². The van der Waals surface area contributed by atoms with Gasteiger partial charge in [0.25, 0.3) is 0 Å². The Morgan fingerprint density at radius 1 is 1.13 bits per heavy atom. The minimum Gasteiger partial charge on any atom is -0.495 e. The molecule has 0 saturated carbocycles. The predicted octanol–water partition coefficient (Wildman–Crippen LogP) is 4.60. The highest BCUT2D eigenvalue weighted by atomic mass is 32.2. The van der Waals surface area contributed by atoms with Gasteiger partial charge in [-0.3, -0.25) is 9.71 Å². The number of anilines is 2. The van der Waals surface area contributed by atoms with Gasteiger partial charge in [-0.1, -0.05) is 18.2 Å². The number of hydrogen-bond donors (Lipinski definition) is 3. The molecule has 0 unspecified atom stereocenters. The third kappa shape index (κ3) is 5.42. The van der Waals surface area contributed by atoms with E-state index in [2.05, 4.69) is 15.0 Å². The number of aromatic carboxylic acids is 1. The van der Waals surface area contributed by atoms with Crippen LogP contribution in [-0.2, 0) is 10.0 Å². The number of thiocarbonyl (C=S) groups is 1. The summed E-state index contributed by atoms with van der Waals surface area (Å²) in [6.45, 7) is 0. The van der Waals surface area contributed by atoms with Crippen molar-refractivity contribution < 1.29 is 27.5 Å². The van der Waals surface area contributed by atoms with Crippen LogP contribution in [0.5, 0.6) is 5.75 Å². The quantitative estimate of drug-likeness (QED) is 0.261. The molecule has 200 valence electrons. The molecule has 12 heteroatoms. The van der Waals surface area contributed by atoms with Crippen molar-refractivity contribution in [3.05, 3.63) is 96.0 Å². The zero-order chi connectivity index (χ0) is 27.7. The van der Waals surface area contributed by atoms with Gasteiger partial charge in [0.1, 0.15) is 23.3 Å². The van der Waals surface area contributed by atoms with Crippen LogP contribution in [0.2, 0.25) is 0 Å². The first-order valence-electron chi connectivity index (χ1n) is 11.7. The number of ether oxygens (including phenoxy) is 1. The minimum absolute atomic E-state index is 0.145. The van der Waals surface area contributed by atoms with Gasteiger partial charge in [0.2, 0.25) is 10.0 Å². The number of sulfonamides is 1. The summed E-state index contributed by atoms with van der Waals surface area (Å²) in [7, 11) is -2.13. The Morgan fingerprint density at radius 3 is 2.64 bits per heavy atom. The van der Waals surface area contributed by atoms with Gasteiger partial charge in [-0.05, 0) is 66.8 Å². The molecule has 0 radical (unpaired) electrons. The number of hydrogen-bond acceptors (Lipinski definition) is 7. The zero-order valence-electron chi connectivity index (χ0n) is 20.9. The first-order chi connectivity index (χ1) is 18.6. The molecular weight excluding hydrogens is 540 g/mol. The molecule has 2 atom stereocenters. The van der Waals surface area contributed by atoms with Crippen LogP contribution < -0.4 is 19.7 Å². The van der Waals surface area contributed by atoms with Gasteiger partial charge in [-0.25, -0.2) is 13.2 Å². The number of nitrogens with one attached hydrogen (secondary N) is 2. The first kappa shape index (κ1) is 26.2. The molecule has 1 fully saturated rings. The van der Waals surface area contributed by atoms with Crippen molar-refractivity contribution in [2.45, 2.75) is 12.1 Å². The van der Waals surface area contributed by atoms with E-state index in [1.54, 1.807) is 48.7 Å². The van der Waals surface area contributed by atoms with E-state index in [4.69, 9.17) is 21.4 Å². The fourth-order valence-corrected chi connectivity index (χ4v) is 5.42. The summed E-state index contributed by atoms with van der Waals surface area (Å²) in [5, 5.41) is 13.1. The van der Waals surface area contributed by atoms with Gasteiger partial charge < -0.3 is 24.5 Å². The van der Waals surface area contributed by atoms with Crippen molar-refractivity contribution >= 4 is 44.7 Å². The molecule has 5 rings (SSSR count). The Balaban J connectivity index is 1.61. The fourth-order valence-electron chi connectivity index (χ4n) is 4.52. The van der Waals surface area contributed by atoms with Crippen LogP contribution in [0.3, 0.4) is 0 Å². The second kappa shape index (κ2) is 10.4. The average molecular weight is 565 g/mol. The Bertz CT molecular complexity index is 1660. The van der Waals surface area contributed by atoms with Crippen molar-refractivity contribution in [2.75, 3.05) is 23.0 Å². The van der Waals surface area contributed by atoms with Crippen molar-refractivity contribution in [3.63, 3.8) is 0 Å². The van der Waals surface area contributed by atoms with E-state index in [0.29, 0.717) is 33.6 Å². The van der Waals surface area contributed by atoms with Crippen molar-refractivity contribution in [2.24, 2.45) is 0 Å². The molecule has 4 aromatic rings. The monoisotopic (exact) mass is 564 g/mol. The highest BCUT2D eigenvalue weighted by molar-refractivity contribution is 7.92. The Labute approximate surface area is 230 Å². The van der Waals surface area contributed by atoms with E-state index in [1.807, 2.05) is 29.2 Å². The van der Waals surface area contributed by atoms with Crippen LogP contribution in [0.4, 0.5) is 11.4 Å². The number of pyridine rings is 1. The van der Waals surface area contributed by atoms with Gasteiger partial charge in [0, 0.05) is 17.4 Å². The van der Waals surface area contributed by atoms with Crippen molar-refractivity contribution in [1.29, 1.82) is 0 Å². The molecule has 1 aliphatic rings. The Hall–Kier alpha value is -4.42. The summed E-state index contributed by atoms with van der Waals surface area (Å²) in [5.41, 5.74) is 2.33. The van der Waals surface area contributed by atoms with Crippen LogP contribution in [0, 0.1) is 0 Å². The van der Waals surface area contributed by atoms with Gasteiger partial charge >= 0.3 is 5.97 Å².